The second-order valence-electron chi connectivity index (χ2n) is 4.95. The number of anilines is 1. The number of thiocarbonyl (C=S) groups is 1. The molecule has 3 N–H and O–H groups in total. The van der Waals surface area contributed by atoms with Crippen molar-refractivity contribution < 1.29 is 9.53 Å². The second kappa shape index (κ2) is 6.10. The molecule has 1 amide bonds. The number of rotatable bonds is 4. The Bertz CT molecular complexity index is 542. The first-order valence-corrected chi connectivity index (χ1v) is 7.64. The average Bonchev–Trinajstić information content (AvgIpc) is 2.89. The number of hydrogen-bond donors (Lipinski definition) is 2. The van der Waals surface area contributed by atoms with Gasteiger partial charge in [0.05, 0.1) is 23.2 Å². The molecule has 0 atom stereocenters. The van der Waals surface area contributed by atoms with E-state index in [4.69, 9.17) is 22.7 Å². The molecule has 0 bridgehead atoms. The Labute approximate surface area is 132 Å². The molecule has 20 heavy (non-hydrogen) atoms. The van der Waals surface area contributed by atoms with Crippen molar-refractivity contribution in [1.82, 2.24) is 0 Å². The van der Waals surface area contributed by atoms with E-state index in [1.165, 1.54) is 0 Å². The molecule has 0 heterocycles. The van der Waals surface area contributed by atoms with Crippen LogP contribution in [0.15, 0.2) is 22.7 Å². The Morgan fingerprint density at radius 3 is 2.65 bits per heavy atom. The Hall–Kier alpha value is -1.14. The van der Waals surface area contributed by atoms with Gasteiger partial charge in [-0.3, -0.25) is 4.79 Å². The molecule has 0 spiro atoms. The SMILES string of the molecule is COc1ccc(Br)cc1NC(=O)C1(C(N)=S)CCCC1. The normalized spacial score (nSPS) is 16.7. The quantitative estimate of drug-likeness (QED) is 0.812. The highest BCUT2D eigenvalue weighted by atomic mass is 79.9. The standard InChI is InChI=1S/C14H17BrN2O2S/c1-19-11-5-4-9(15)8-10(11)17-13(18)14(12(16)20)6-2-3-7-14/h4-5,8H,2-3,6-7H2,1H3,(H2,16,20)(H,17,18). The number of carbonyl (C=O) groups excluding carboxylic acids is 1. The van der Waals surface area contributed by atoms with Crippen molar-refractivity contribution in [2.45, 2.75) is 25.7 Å². The number of benzene rings is 1. The summed E-state index contributed by atoms with van der Waals surface area (Å²) in [5.41, 5.74) is 5.72. The summed E-state index contributed by atoms with van der Waals surface area (Å²) in [4.78, 5) is 12.9. The van der Waals surface area contributed by atoms with E-state index in [1.807, 2.05) is 6.07 Å². The largest absolute Gasteiger partial charge is 0.495 e. The lowest BCUT2D eigenvalue weighted by Crippen LogP contribution is -2.44. The van der Waals surface area contributed by atoms with Crippen molar-refractivity contribution in [2.24, 2.45) is 11.1 Å². The summed E-state index contributed by atoms with van der Waals surface area (Å²) in [5, 5.41) is 2.90. The topological polar surface area (TPSA) is 64.3 Å². The van der Waals surface area contributed by atoms with Crippen molar-refractivity contribution >= 4 is 44.7 Å². The zero-order valence-corrected chi connectivity index (χ0v) is 13.6. The molecular weight excluding hydrogens is 340 g/mol. The van der Waals surface area contributed by atoms with E-state index in [9.17, 15) is 4.79 Å². The number of methoxy groups -OCH3 is 1. The van der Waals surface area contributed by atoms with E-state index in [1.54, 1.807) is 19.2 Å². The van der Waals surface area contributed by atoms with E-state index in [-0.39, 0.29) is 10.9 Å². The highest BCUT2D eigenvalue weighted by Gasteiger charge is 2.44. The lowest BCUT2D eigenvalue weighted by molar-refractivity contribution is -0.122. The maximum atomic E-state index is 12.6. The van der Waals surface area contributed by atoms with Crippen LogP contribution in [0.2, 0.25) is 0 Å². The van der Waals surface area contributed by atoms with E-state index >= 15 is 0 Å². The van der Waals surface area contributed by atoms with E-state index in [2.05, 4.69) is 21.2 Å². The first kappa shape index (κ1) is 15.3. The minimum Gasteiger partial charge on any atom is -0.495 e. The van der Waals surface area contributed by atoms with Crippen LogP contribution in [0, 0.1) is 5.41 Å². The monoisotopic (exact) mass is 356 g/mol. The number of hydrogen-bond acceptors (Lipinski definition) is 3. The smallest absolute Gasteiger partial charge is 0.237 e. The zero-order chi connectivity index (χ0) is 14.8. The Morgan fingerprint density at radius 1 is 1.45 bits per heavy atom. The van der Waals surface area contributed by atoms with Crippen LogP contribution in [0.1, 0.15) is 25.7 Å². The fourth-order valence-electron chi connectivity index (χ4n) is 2.58. The van der Waals surface area contributed by atoms with Gasteiger partial charge in [0.25, 0.3) is 0 Å². The van der Waals surface area contributed by atoms with Gasteiger partial charge >= 0.3 is 0 Å². The van der Waals surface area contributed by atoms with Gasteiger partial charge < -0.3 is 15.8 Å². The molecule has 4 nitrogen and oxygen atoms in total. The molecular formula is C14H17BrN2O2S. The van der Waals surface area contributed by atoms with Gasteiger partial charge in [0, 0.05) is 4.47 Å². The van der Waals surface area contributed by atoms with Crippen LogP contribution in [0.5, 0.6) is 5.75 Å². The van der Waals surface area contributed by atoms with Gasteiger partial charge in [0.15, 0.2) is 0 Å². The van der Waals surface area contributed by atoms with Crippen LogP contribution in [-0.4, -0.2) is 18.0 Å². The molecule has 1 saturated carbocycles. The molecule has 0 aliphatic heterocycles. The van der Waals surface area contributed by atoms with Gasteiger partial charge in [-0.05, 0) is 31.0 Å². The number of ether oxygens (including phenoxy) is 1. The van der Waals surface area contributed by atoms with Gasteiger partial charge in [-0.2, -0.15) is 0 Å². The van der Waals surface area contributed by atoms with Crippen LogP contribution < -0.4 is 15.8 Å². The fraction of sp³-hybridized carbons (Fsp3) is 0.429. The first-order chi connectivity index (χ1) is 9.49. The van der Waals surface area contributed by atoms with Crippen molar-refractivity contribution in [3.05, 3.63) is 22.7 Å². The number of carbonyl (C=O) groups is 1. The van der Waals surface area contributed by atoms with Gasteiger partial charge in [-0.25, -0.2) is 0 Å². The van der Waals surface area contributed by atoms with E-state index < -0.39 is 5.41 Å². The summed E-state index contributed by atoms with van der Waals surface area (Å²) in [6, 6.07) is 5.45. The third-order valence-electron chi connectivity index (χ3n) is 3.77. The number of nitrogens with one attached hydrogen (secondary N) is 1. The second-order valence-corrected chi connectivity index (χ2v) is 6.31. The summed E-state index contributed by atoms with van der Waals surface area (Å²) in [7, 11) is 1.57. The van der Waals surface area contributed by atoms with Gasteiger partial charge in [-0.1, -0.05) is 41.0 Å². The third kappa shape index (κ3) is 2.81. The van der Waals surface area contributed by atoms with E-state index in [0.29, 0.717) is 24.3 Å². The molecule has 2 rings (SSSR count). The summed E-state index contributed by atoms with van der Waals surface area (Å²) in [6.07, 6.45) is 3.37. The minimum atomic E-state index is -0.720. The van der Waals surface area contributed by atoms with Crippen LogP contribution in [0.3, 0.4) is 0 Å². The molecule has 1 aromatic rings. The molecule has 1 aliphatic rings. The molecule has 108 valence electrons. The summed E-state index contributed by atoms with van der Waals surface area (Å²) in [6.45, 7) is 0. The summed E-state index contributed by atoms with van der Waals surface area (Å²) in [5.74, 6) is 0.469. The molecule has 6 heteroatoms. The van der Waals surface area contributed by atoms with Crippen LogP contribution in [0.25, 0.3) is 0 Å². The Balaban J connectivity index is 2.27. The highest BCUT2D eigenvalue weighted by Crippen LogP contribution is 2.40. The summed E-state index contributed by atoms with van der Waals surface area (Å²) < 4.78 is 6.12. The third-order valence-corrected chi connectivity index (χ3v) is 4.66. The number of halogens is 1. The Morgan fingerprint density at radius 2 is 2.10 bits per heavy atom. The van der Waals surface area contributed by atoms with Gasteiger partial charge in [0.1, 0.15) is 5.75 Å². The molecule has 1 fully saturated rings. The average molecular weight is 357 g/mol. The van der Waals surface area contributed by atoms with Crippen molar-refractivity contribution in [3.8, 4) is 5.75 Å². The molecule has 0 unspecified atom stereocenters. The summed E-state index contributed by atoms with van der Waals surface area (Å²) >= 11 is 8.51. The number of amides is 1. The van der Waals surface area contributed by atoms with Gasteiger partial charge in [-0.15, -0.1) is 0 Å². The van der Waals surface area contributed by atoms with Gasteiger partial charge in [0.2, 0.25) is 5.91 Å². The van der Waals surface area contributed by atoms with Crippen LogP contribution in [0.4, 0.5) is 5.69 Å². The Kier molecular flexibility index (Phi) is 4.65. The van der Waals surface area contributed by atoms with Crippen LogP contribution in [-0.2, 0) is 4.79 Å². The lowest BCUT2D eigenvalue weighted by atomic mass is 9.85. The maximum absolute atomic E-state index is 12.6. The van der Waals surface area contributed by atoms with Crippen molar-refractivity contribution in [3.63, 3.8) is 0 Å². The molecule has 1 aromatic carbocycles. The predicted molar refractivity (Wildman–Crippen MR) is 87.0 cm³/mol. The number of nitrogens with two attached hydrogens (primary N) is 1. The fourth-order valence-corrected chi connectivity index (χ4v) is 3.24. The zero-order valence-electron chi connectivity index (χ0n) is 11.2. The minimum absolute atomic E-state index is 0.140. The maximum Gasteiger partial charge on any atom is 0.237 e. The van der Waals surface area contributed by atoms with E-state index in [0.717, 1.165) is 17.3 Å². The first-order valence-electron chi connectivity index (χ1n) is 6.44. The molecule has 0 saturated heterocycles. The van der Waals surface area contributed by atoms with Crippen molar-refractivity contribution in [1.29, 1.82) is 0 Å². The highest BCUT2D eigenvalue weighted by molar-refractivity contribution is 9.10. The molecule has 1 aliphatic carbocycles. The van der Waals surface area contributed by atoms with Crippen LogP contribution >= 0.6 is 28.1 Å². The predicted octanol–water partition coefficient (Wildman–Crippen LogP) is 3.24. The lowest BCUT2D eigenvalue weighted by Gasteiger charge is -2.26. The molecule has 0 radical (unpaired) electrons. The molecule has 0 aromatic heterocycles. The van der Waals surface area contributed by atoms with Crippen molar-refractivity contribution in [2.75, 3.05) is 12.4 Å².